The van der Waals surface area contributed by atoms with E-state index in [0.717, 1.165) is 12.1 Å². The molecule has 2 aromatic rings. The van der Waals surface area contributed by atoms with Gasteiger partial charge in [-0.3, -0.25) is 9.00 Å². The van der Waals surface area contributed by atoms with Crippen molar-refractivity contribution >= 4 is 16.7 Å². The molecule has 0 heterocycles. The molecule has 0 aromatic heterocycles. The summed E-state index contributed by atoms with van der Waals surface area (Å²) in [4.78, 5) is 12.7. The fourth-order valence-electron chi connectivity index (χ4n) is 1.94. The standard InChI is InChI=1S/C16H15F2NO2S/c1-10(12-5-8-14(17)15(18)9-12)19-16(20)11-3-6-13(7-4-11)22(2)21/h3-10H,1-2H3,(H,19,20). The molecule has 22 heavy (non-hydrogen) atoms. The van der Waals surface area contributed by atoms with Crippen molar-refractivity contribution in [1.82, 2.24) is 5.32 Å². The summed E-state index contributed by atoms with van der Waals surface area (Å²) in [5.74, 6) is -2.22. The lowest BCUT2D eigenvalue weighted by Crippen LogP contribution is -2.26. The Balaban J connectivity index is 2.10. The zero-order chi connectivity index (χ0) is 16.3. The number of carbonyl (C=O) groups excluding carboxylic acids is 1. The summed E-state index contributed by atoms with van der Waals surface area (Å²) in [6.07, 6.45) is 1.56. The van der Waals surface area contributed by atoms with E-state index in [2.05, 4.69) is 5.32 Å². The Morgan fingerprint density at radius 1 is 1.09 bits per heavy atom. The highest BCUT2D eigenvalue weighted by Crippen LogP contribution is 2.17. The molecule has 0 aliphatic carbocycles. The second-order valence-electron chi connectivity index (χ2n) is 4.85. The molecular formula is C16H15F2NO2S. The molecule has 0 spiro atoms. The zero-order valence-electron chi connectivity index (χ0n) is 12.1. The molecule has 0 bridgehead atoms. The van der Waals surface area contributed by atoms with Crippen molar-refractivity contribution in [3.63, 3.8) is 0 Å². The summed E-state index contributed by atoms with van der Waals surface area (Å²) in [5, 5.41) is 2.70. The van der Waals surface area contributed by atoms with Crippen LogP contribution < -0.4 is 5.32 Å². The lowest BCUT2D eigenvalue weighted by Gasteiger charge is -2.14. The number of benzene rings is 2. The Bertz CT molecular complexity index is 717. The van der Waals surface area contributed by atoms with Crippen LogP contribution >= 0.6 is 0 Å². The van der Waals surface area contributed by atoms with Crippen molar-refractivity contribution < 1.29 is 17.8 Å². The van der Waals surface area contributed by atoms with Gasteiger partial charge in [0.15, 0.2) is 11.6 Å². The Hall–Kier alpha value is -2.08. The zero-order valence-corrected chi connectivity index (χ0v) is 12.9. The molecule has 0 aliphatic heterocycles. The summed E-state index contributed by atoms with van der Waals surface area (Å²) < 4.78 is 37.4. The van der Waals surface area contributed by atoms with Crippen LogP contribution in [-0.2, 0) is 10.8 Å². The van der Waals surface area contributed by atoms with Crippen LogP contribution in [0, 0.1) is 11.6 Å². The third-order valence-corrected chi connectivity index (χ3v) is 4.18. The Labute approximate surface area is 129 Å². The Morgan fingerprint density at radius 3 is 2.27 bits per heavy atom. The summed E-state index contributed by atoms with van der Waals surface area (Å²) in [7, 11) is -1.10. The van der Waals surface area contributed by atoms with Gasteiger partial charge in [-0.05, 0) is 48.9 Å². The van der Waals surface area contributed by atoms with Gasteiger partial charge in [0, 0.05) is 27.5 Å². The average Bonchev–Trinajstić information content (AvgIpc) is 2.50. The molecule has 2 aromatic carbocycles. The van der Waals surface area contributed by atoms with Crippen molar-refractivity contribution in [3.8, 4) is 0 Å². The quantitative estimate of drug-likeness (QED) is 0.939. The first kappa shape index (κ1) is 16.3. The van der Waals surface area contributed by atoms with Gasteiger partial charge in [-0.1, -0.05) is 6.07 Å². The normalized spacial score (nSPS) is 13.5. The first-order valence-corrected chi connectivity index (χ1v) is 8.13. The first-order chi connectivity index (χ1) is 10.4. The van der Waals surface area contributed by atoms with Crippen LogP contribution in [0.4, 0.5) is 8.78 Å². The van der Waals surface area contributed by atoms with E-state index in [-0.39, 0.29) is 5.91 Å². The van der Waals surface area contributed by atoms with Gasteiger partial charge in [0.25, 0.3) is 5.91 Å². The van der Waals surface area contributed by atoms with Crippen molar-refractivity contribution in [2.45, 2.75) is 17.9 Å². The molecule has 0 radical (unpaired) electrons. The van der Waals surface area contributed by atoms with Crippen molar-refractivity contribution in [2.24, 2.45) is 0 Å². The minimum absolute atomic E-state index is 0.342. The van der Waals surface area contributed by atoms with E-state index in [9.17, 15) is 17.8 Å². The maximum atomic E-state index is 13.2. The monoisotopic (exact) mass is 323 g/mol. The van der Waals surface area contributed by atoms with E-state index < -0.39 is 28.5 Å². The predicted molar refractivity (Wildman–Crippen MR) is 81.0 cm³/mol. The fourth-order valence-corrected chi connectivity index (χ4v) is 2.46. The van der Waals surface area contributed by atoms with Gasteiger partial charge in [0.1, 0.15) is 0 Å². The van der Waals surface area contributed by atoms with Crippen molar-refractivity contribution in [3.05, 3.63) is 65.2 Å². The SMILES string of the molecule is CC(NC(=O)c1ccc(S(C)=O)cc1)c1ccc(F)c(F)c1. The number of nitrogens with one attached hydrogen (secondary N) is 1. The number of halogens is 2. The maximum Gasteiger partial charge on any atom is 0.251 e. The van der Waals surface area contributed by atoms with Crippen LogP contribution in [0.3, 0.4) is 0 Å². The number of amides is 1. The lowest BCUT2D eigenvalue weighted by atomic mass is 10.1. The second-order valence-corrected chi connectivity index (χ2v) is 6.23. The van der Waals surface area contributed by atoms with E-state index in [1.165, 1.54) is 6.07 Å². The van der Waals surface area contributed by atoms with Gasteiger partial charge in [-0.2, -0.15) is 0 Å². The molecule has 0 saturated carbocycles. The molecule has 0 aliphatic rings. The highest BCUT2D eigenvalue weighted by molar-refractivity contribution is 7.84. The second kappa shape index (κ2) is 6.79. The van der Waals surface area contributed by atoms with Crippen LogP contribution in [0.5, 0.6) is 0 Å². The summed E-state index contributed by atoms with van der Waals surface area (Å²) >= 11 is 0. The van der Waals surface area contributed by atoms with Gasteiger partial charge < -0.3 is 5.32 Å². The largest absolute Gasteiger partial charge is 0.346 e. The Kier molecular flexibility index (Phi) is 5.03. The molecule has 2 atom stereocenters. The number of hydrogen-bond donors (Lipinski definition) is 1. The number of hydrogen-bond acceptors (Lipinski definition) is 2. The average molecular weight is 323 g/mol. The van der Waals surface area contributed by atoms with E-state index in [4.69, 9.17) is 0 Å². The topological polar surface area (TPSA) is 46.2 Å². The van der Waals surface area contributed by atoms with Crippen LogP contribution in [0.1, 0.15) is 28.9 Å². The number of carbonyl (C=O) groups is 1. The predicted octanol–water partition coefficient (Wildman–Crippen LogP) is 3.19. The highest BCUT2D eigenvalue weighted by atomic mass is 32.2. The van der Waals surface area contributed by atoms with Gasteiger partial charge in [-0.25, -0.2) is 8.78 Å². The molecule has 1 N–H and O–H groups in total. The third kappa shape index (κ3) is 3.76. The van der Waals surface area contributed by atoms with Crippen LogP contribution in [0.2, 0.25) is 0 Å². The first-order valence-electron chi connectivity index (χ1n) is 6.58. The van der Waals surface area contributed by atoms with Crippen LogP contribution in [-0.4, -0.2) is 16.4 Å². The van der Waals surface area contributed by atoms with Gasteiger partial charge in [0.2, 0.25) is 0 Å². The van der Waals surface area contributed by atoms with Crippen LogP contribution in [0.25, 0.3) is 0 Å². The van der Waals surface area contributed by atoms with Gasteiger partial charge in [-0.15, -0.1) is 0 Å². The highest BCUT2D eigenvalue weighted by Gasteiger charge is 2.13. The molecule has 1 amide bonds. The lowest BCUT2D eigenvalue weighted by molar-refractivity contribution is 0.0939. The molecule has 0 fully saturated rings. The molecule has 2 unspecified atom stereocenters. The van der Waals surface area contributed by atoms with Gasteiger partial charge >= 0.3 is 0 Å². The van der Waals surface area contributed by atoms with Crippen molar-refractivity contribution in [1.29, 1.82) is 0 Å². The third-order valence-electron chi connectivity index (χ3n) is 3.24. The molecular weight excluding hydrogens is 308 g/mol. The summed E-state index contributed by atoms with van der Waals surface area (Å²) in [6, 6.07) is 9.42. The smallest absolute Gasteiger partial charge is 0.251 e. The Morgan fingerprint density at radius 2 is 1.73 bits per heavy atom. The molecule has 2 rings (SSSR count). The molecule has 3 nitrogen and oxygen atoms in total. The minimum atomic E-state index is -1.10. The van der Waals surface area contributed by atoms with E-state index in [0.29, 0.717) is 16.0 Å². The minimum Gasteiger partial charge on any atom is -0.346 e. The summed E-state index contributed by atoms with van der Waals surface area (Å²) in [6.45, 7) is 1.68. The van der Waals surface area contributed by atoms with E-state index in [1.54, 1.807) is 37.4 Å². The van der Waals surface area contributed by atoms with E-state index >= 15 is 0 Å². The van der Waals surface area contributed by atoms with Gasteiger partial charge in [0.05, 0.1) is 6.04 Å². The fraction of sp³-hybridized carbons (Fsp3) is 0.188. The molecule has 6 heteroatoms. The van der Waals surface area contributed by atoms with Crippen LogP contribution in [0.15, 0.2) is 47.4 Å². The van der Waals surface area contributed by atoms with E-state index in [1.807, 2.05) is 0 Å². The number of rotatable bonds is 4. The van der Waals surface area contributed by atoms with Crippen molar-refractivity contribution in [2.75, 3.05) is 6.26 Å². The molecule has 0 saturated heterocycles. The maximum absolute atomic E-state index is 13.2. The summed E-state index contributed by atoms with van der Waals surface area (Å²) in [5.41, 5.74) is 0.877. The molecule has 116 valence electrons.